The summed E-state index contributed by atoms with van der Waals surface area (Å²) in [6.07, 6.45) is 1.10. The molecule has 3 rings (SSSR count). The van der Waals surface area contributed by atoms with Crippen molar-refractivity contribution in [1.82, 2.24) is 4.90 Å². The van der Waals surface area contributed by atoms with E-state index in [1.54, 1.807) is 19.0 Å². The van der Waals surface area contributed by atoms with E-state index in [0.29, 0.717) is 5.56 Å². The molecule has 2 N–H and O–H groups in total. The average Bonchev–Trinajstić information content (AvgIpc) is 3.01. The van der Waals surface area contributed by atoms with E-state index in [1.165, 1.54) is 16.8 Å². The van der Waals surface area contributed by atoms with E-state index >= 15 is 0 Å². The van der Waals surface area contributed by atoms with Crippen LogP contribution < -0.4 is 10.6 Å². The van der Waals surface area contributed by atoms with E-state index in [4.69, 9.17) is 0 Å². The summed E-state index contributed by atoms with van der Waals surface area (Å²) < 4.78 is 0. The van der Waals surface area contributed by atoms with Gasteiger partial charge in [0.1, 0.15) is 0 Å². The first-order valence-corrected chi connectivity index (χ1v) is 7.55. The number of hydrogen-bond acceptors (Lipinski definition) is 3. The molecule has 4 nitrogen and oxygen atoms in total. The number of benzene rings is 2. The Morgan fingerprint density at radius 2 is 1.95 bits per heavy atom. The van der Waals surface area contributed by atoms with Crippen molar-refractivity contribution >= 4 is 17.3 Å². The number of hydrogen-bond donors (Lipinski definition) is 2. The Morgan fingerprint density at radius 1 is 1.18 bits per heavy atom. The van der Waals surface area contributed by atoms with Crippen LogP contribution in [0.25, 0.3) is 0 Å². The summed E-state index contributed by atoms with van der Waals surface area (Å²) in [7, 11) is 3.52. The smallest absolute Gasteiger partial charge is 0.253 e. The van der Waals surface area contributed by atoms with Crippen LogP contribution in [0.2, 0.25) is 0 Å². The van der Waals surface area contributed by atoms with Crippen molar-refractivity contribution in [3.05, 3.63) is 59.2 Å². The van der Waals surface area contributed by atoms with Gasteiger partial charge >= 0.3 is 0 Å². The van der Waals surface area contributed by atoms with Gasteiger partial charge in [-0.25, -0.2) is 0 Å². The molecule has 0 atom stereocenters. The molecule has 0 fully saturated rings. The molecule has 0 radical (unpaired) electrons. The Labute approximate surface area is 131 Å². The fraction of sp³-hybridized carbons (Fsp3) is 0.278. The molecular weight excluding hydrogens is 274 g/mol. The van der Waals surface area contributed by atoms with E-state index in [-0.39, 0.29) is 5.91 Å². The first kappa shape index (κ1) is 14.4. The van der Waals surface area contributed by atoms with E-state index in [2.05, 4.69) is 28.8 Å². The lowest BCUT2D eigenvalue weighted by Crippen LogP contribution is -2.21. The van der Waals surface area contributed by atoms with Crippen molar-refractivity contribution in [2.24, 2.45) is 0 Å². The number of carbonyl (C=O) groups excluding carboxylic acids is 1. The van der Waals surface area contributed by atoms with Gasteiger partial charge in [0.15, 0.2) is 0 Å². The van der Waals surface area contributed by atoms with Gasteiger partial charge in [-0.15, -0.1) is 0 Å². The summed E-state index contributed by atoms with van der Waals surface area (Å²) in [4.78, 5) is 13.4. The number of fused-ring (bicyclic) bond motifs is 1. The van der Waals surface area contributed by atoms with Crippen molar-refractivity contribution in [1.29, 1.82) is 0 Å². The van der Waals surface area contributed by atoms with Crippen LogP contribution in [0, 0.1) is 0 Å². The van der Waals surface area contributed by atoms with Crippen molar-refractivity contribution in [2.75, 3.05) is 31.3 Å². The van der Waals surface area contributed by atoms with Crippen molar-refractivity contribution in [3.63, 3.8) is 0 Å². The molecule has 2 aromatic rings. The largest absolute Gasteiger partial charge is 0.384 e. The zero-order chi connectivity index (χ0) is 15.5. The molecule has 114 valence electrons. The molecule has 22 heavy (non-hydrogen) atoms. The third-order valence-corrected chi connectivity index (χ3v) is 3.95. The molecule has 1 aliphatic rings. The zero-order valence-electron chi connectivity index (χ0n) is 13.0. The van der Waals surface area contributed by atoms with Gasteiger partial charge < -0.3 is 15.5 Å². The van der Waals surface area contributed by atoms with Crippen LogP contribution in [0.4, 0.5) is 11.4 Å². The average molecular weight is 295 g/mol. The summed E-state index contributed by atoms with van der Waals surface area (Å²) in [6, 6.07) is 14.1. The molecule has 0 unspecified atom stereocenters. The van der Waals surface area contributed by atoms with E-state index in [0.717, 1.165) is 25.2 Å². The Kier molecular flexibility index (Phi) is 4.00. The molecule has 2 aromatic carbocycles. The molecule has 4 heteroatoms. The van der Waals surface area contributed by atoms with Gasteiger partial charge in [0.2, 0.25) is 0 Å². The lowest BCUT2D eigenvalue weighted by molar-refractivity contribution is 0.0827. The maximum atomic E-state index is 11.9. The monoisotopic (exact) mass is 295 g/mol. The van der Waals surface area contributed by atoms with Crippen molar-refractivity contribution in [2.45, 2.75) is 13.0 Å². The van der Waals surface area contributed by atoms with Gasteiger partial charge in [0.05, 0.1) is 0 Å². The quantitative estimate of drug-likeness (QED) is 0.911. The number of carbonyl (C=O) groups is 1. The van der Waals surface area contributed by atoms with Crippen LogP contribution in [-0.2, 0) is 13.0 Å². The van der Waals surface area contributed by atoms with Crippen LogP contribution in [0.3, 0.4) is 0 Å². The highest BCUT2D eigenvalue weighted by molar-refractivity contribution is 5.94. The Hall–Kier alpha value is -2.49. The molecule has 0 aliphatic carbocycles. The van der Waals surface area contributed by atoms with Gasteiger partial charge in [0, 0.05) is 44.1 Å². The third-order valence-electron chi connectivity index (χ3n) is 3.95. The minimum atomic E-state index is 0.0247. The van der Waals surface area contributed by atoms with Gasteiger partial charge in [0.25, 0.3) is 5.91 Å². The highest BCUT2D eigenvalue weighted by Crippen LogP contribution is 2.27. The Morgan fingerprint density at radius 3 is 2.68 bits per heavy atom. The first-order chi connectivity index (χ1) is 10.6. The second-order valence-electron chi connectivity index (χ2n) is 5.76. The minimum absolute atomic E-state index is 0.0247. The number of anilines is 2. The van der Waals surface area contributed by atoms with E-state index in [9.17, 15) is 4.79 Å². The Bertz CT molecular complexity index is 677. The maximum Gasteiger partial charge on any atom is 0.253 e. The predicted octanol–water partition coefficient (Wildman–Crippen LogP) is 2.97. The standard InChI is InChI=1S/C18H21N3O/c1-21(2)18(22)14-6-8-16(9-7-14)20-12-15-5-3-4-13-10-11-19-17(13)15/h3-9,19-20H,10-12H2,1-2H3. The second-order valence-corrected chi connectivity index (χ2v) is 5.76. The van der Waals surface area contributed by atoms with Gasteiger partial charge in [-0.05, 0) is 41.8 Å². The fourth-order valence-electron chi connectivity index (χ4n) is 2.74. The lowest BCUT2D eigenvalue weighted by atomic mass is 10.1. The van der Waals surface area contributed by atoms with Gasteiger partial charge in [-0.1, -0.05) is 18.2 Å². The number of amides is 1. The van der Waals surface area contributed by atoms with Crippen molar-refractivity contribution < 1.29 is 4.79 Å². The fourth-order valence-corrected chi connectivity index (χ4v) is 2.74. The zero-order valence-corrected chi connectivity index (χ0v) is 13.0. The number of rotatable bonds is 4. The normalized spacial score (nSPS) is 12.5. The molecule has 0 saturated carbocycles. The molecule has 0 aromatic heterocycles. The third kappa shape index (κ3) is 2.91. The SMILES string of the molecule is CN(C)C(=O)c1ccc(NCc2cccc3c2NCC3)cc1. The summed E-state index contributed by atoms with van der Waals surface area (Å²) in [5.41, 5.74) is 5.67. The molecule has 1 heterocycles. The van der Waals surface area contributed by atoms with Crippen LogP contribution in [0.1, 0.15) is 21.5 Å². The summed E-state index contributed by atoms with van der Waals surface area (Å²) in [6.45, 7) is 1.80. The molecular formula is C18H21N3O. The number of nitrogens with zero attached hydrogens (tertiary/aromatic N) is 1. The highest BCUT2D eigenvalue weighted by Gasteiger charge is 2.13. The molecule has 0 spiro atoms. The van der Waals surface area contributed by atoms with Crippen molar-refractivity contribution in [3.8, 4) is 0 Å². The topological polar surface area (TPSA) is 44.4 Å². The highest BCUT2D eigenvalue weighted by atomic mass is 16.2. The minimum Gasteiger partial charge on any atom is -0.384 e. The van der Waals surface area contributed by atoms with E-state index in [1.807, 2.05) is 24.3 Å². The van der Waals surface area contributed by atoms with Crippen LogP contribution >= 0.6 is 0 Å². The van der Waals surface area contributed by atoms with Gasteiger partial charge in [-0.3, -0.25) is 4.79 Å². The Balaban J connectivity index is 1.67. The summed E-state index contributed by atoms with van der Waals surface area (Å²) in [5.74, 6) is 0.0247. The number of para-hydroxylation sites is 1. The molecule has 1 amide bonds. The molecule has 1 aliphatic heterocycles. The summed E-state index contributed by atoms with van der Waals surface area (Å²) >= 11 is 0. The number of nitrogens with one attached hydrogen (secondary N) is 2. The predicted molar refractivity (Wildman–Crippen MR) is 90.4 cm³/mol. The van der Waals surface area contributed by atoms with E-state index < -0.39 is 0 Å². The summed E-state index contributed by atoms with van der Waals surface area (Å²) in [5, 5.41) is 6.87. The maximum absolute atomic E-state index is 11.9. The van der Waals surface area contributed by atoms with Crippen LogP contribution in [0.5, 0.6) is 0 Å². The lowest BCUT2D eigenvalue weighted by Gasteiger charge is -2.13. The molecule has 0 saturated heterocycles. The van der Waals surface area contributed by atoms with Gasteiger partial charge in [-0.2, -0.15) is 0 Å². The second kappa shape index (κ2) is 6.10. The first-order valence-electron chi connectivity index (χ1n) is 7.55. The van der Waals surface area contributed by atoms with Crippen LogP contribution in [-0.4, -0.2) is 31.4 Å². The van der Waals surface area contributed by atoms with Crippen LogP contribution in [0.15, 0.2) is 42.5 Å². The molecule has 0 bridgehead atoms.